The number of rotatable bonds is 7. The average Bonchev–Trinajstić information content (AvgIpc) is 3.26. The summed E-state index contributed by atoms with van der Waals surface area (Å²) in [4.78, 5) is 1.32. The standard InChI is InChI=1S/C17H19N3O3S2/c1-13-12-14(5-6-16(13)23-2)25(21,22)18-8-10-20-9-7-15(19-20)17-4-3-11-24-17/h3-7,9,11-12,18H,8,10H2,1-2H3. The highest BCUT2D eigenvalue weighted by Gasteiger charge is 2.15. The van der Waals surface area contributed by atoms with Gasteiger partial charge < -0.3 is 4.74 Å². The quantitative estimate of drug-likeness (QED) is 0.687. The number of benzene rings is 1. The average molecular weight is 377 g/mol. The first kappa shape index (κ1) is 17.7. The Morgan fingerprint density at radius 2 is 2.12 bits per heavy atom. The molecule has 132 valence electrons. The third-order valence-electron chi connectivity index (χ3n) is 3.72. The maximum absolute atomic E-state index is 12.4. The van der Waals surface area contributed by atoms with Gasteiger partial charge >= 0.3 is 0 Å². The molecular formula is C17H19N3O3S2. The summed E-state index contributed by atoms with van der Waals surface area (Å²) in [5, 5.41) is 6.46. The SMILES string of the molecule is COc1ccc(S(=O)(=O)NCCn2ccc(-c3cccs3)n2)cc1C. The lowest BCUT2D eigenvalue weighted by atomic mass is 10.2. The van der Waals surface area contributed by atoms with Gasteiger partial charge in [0.05, 0.1) is 23.4 Å². The predicted molar refractivity (Wildman–Crippen MR) is 98.5 cm³/mol. The number of ether oxygens (including phenoxy) is 1. The smallest absolute Gasteiger partial charge is 0.240 e. The summed E-state index contributed by atoms with van der Waals surface area (Å²) in [5.74, 6) is 0.664. The molecule has 1 N–H and O–H groups in total. The molecule has 0 atom stereocenters. The minimum atomic E-state index is -3.56. The van der Waals surface area contributed by atoms with Crippen LogP contribution in [0.1, 0.15) is 5.56 Å². The molecular weight excluding hydrogens is 358 g/mol. The molecule has 0 radical (unpaired) electrons. The zero-order valence-corrected chi connectivity index (χ0v) is 15.6. The second-order valence-corrected chi connectivity index (χ2v) is 8.19. The number of hydrogen-bond donors (Lipinski definition) is 1. The maximum Gasteiger partial charge on any atom is 0.240 e. The van der Waals surface area contributed by atoms with E-state index in [4.69, 9.17) is 4.74 Å². The molecule has 0 unspecified atom stereocenters. The number of aromatic nitrogens is 2. The monoisotopic (exact) mass is 377 g/mol. The van der Waals surface area contributed by atoms with Crippen LogP contribution in [-0.2, 0) is 16.6 Å². The van der Waals surface area contributed by atoms with Crippen LogP contribution in [0, 0.1) is 6.92 Å². The van der Waals surface area contributed by atoms with Gasteiger partial charge in [0.1, 0.15) is 11.4 Å². The molecule has 0 bridgehead atoms. The van der Waals surface area contributed by atoms with Gasteiger partial charge in [0.15, 0.2) is 0 Å². The molecule has 0 saturated heterocycles. The molecule has 0 spiro atoms. The number of nitrogens with zero attached hydrogens (tertiary/aromatic N) is 2. The summed E-state index contributed by atoms with van der Waals surface area (Å²) in [6.45, 7) is 2.53. The van der Waals surface area contributed by atoms with Crippen LogP contribution in [0.2, 0.25) is 0 Å². The van der Waals surface area contributed by atoms with Crippen molar-refractivity contribution >= 4 is 21.4 Å². The van der Waals surface area contributed by atoms with Crippen LogP contribution in [0.3, 0.4) is 0 Å². The highest BCUT2D eigenvalue weighted by atomic mass is 32.2. The van der Waals surface area contributed by atoms with E-state index in [1.165, 1.54) is 6.07 Å². The van der Waals surface area contributed by atoms with Gasteiger partial charge in [-0.25, -0.2) is 13.1 Å². The van der Waals surface area contributed by atoms with E-state index in [1.807, 2.05) is 36.7 Å². The highest BCUT2D eigenvalue weighted by Crippen LogP contribution is 2.22. The van der Waals surface area contributed by atoms with Gasteiger partial charge in [-0.2, -0.15) is 5.10 Å². The van der Waals surface area contributed by atoms with Crippen molar-refractivity contribution in [1.29, 1.82) is 0 Å². The molecule has 0 saturated carbocycles. The van der Waals surface area contributed by atoms with Crippen molar-refractivity contribution < 1.29 is 13.2 Å². The van der Waals surface area contributed by atoms with Crippen LogP contribution in [0.5, 0.6) is 5.75 Å². The van der Waals surface area contributed by atoms with Crippen molar-refractivity contribution in [2.45, 2.75) is 18.4 Å². The van der Waals surface area contributed by atoms with Crippen molar-refractivity contribution in [3.63, 3.8) is 0 Å². The number of sulfonamides is 1. The highest BCUT2D eigenvalue weighted by molar-refractivity contribution is 7.89. The Kier molecular flexibility index (Phi) is 5.22. The van der Waals surface area contributed by atoms with E-state index in [9.17, 15) is 8.42 Å². The molecule has 0 aliphatic carbocycles. The van der Waals surface area contributed by atoms with Gasteiger partial charge in [-0.3, -0.25) is 4.68 Å². The van der Waals surface area contributed by atoms with Gasteiger partial charge in [-0.15, -0.1) is 11.3 Å². The minimum absolute atomic E-state index is 0.227. The van der Waals surface area contributed by atoms with Gasteiger partial charge in [-0.1, -0.05) is 6.07 Å². The Balaban J connectivity index is 1.62. The molecule has 3 rings (SSSR count). The van der Waals surface area contributed by atoms with Gasteiger partial charge in [0, 0.05) is 12.7 Å². The number of nitrogens with one attached hydrogen (secondary N) is 1. The van der Waals surface area contributed by atoms with E-state index in [2.05, 4.69) is 9.82 Å². The first-order valence-electron chi connectivity index (χ1n) is 7.71. The fourth-order valence-corrected chi connectivity index (χ4v) is 4.23. The number of aryl methyl sites for hydroxylation is 1. The Morgan fingerprint density at radius 1 is 1.28 bits per heavy atom. The van der Waals surface area contributed by atoms with Crippen LogP contribution in [0.25, 0.3) is 10.6 Å². The molecule has 25 heavy (non-hydrogen) atoms. The van der Waals surface area contributed by atoms with Crippen molar-refractivity contribution in [3.8, 4) is 16.3 Å². The van der Waals surface area contributed by atoms with Gasteiger partial charge in [-0.05, 0) is 48.2 Å². The number of methoxy groups -OCH3 is 1. The zero-order chi connectivity index (χ0) is 17.9. The molecule has 0 fully saturated rings. The summed E-state index contributed by atoms with van der Waals surface area (Å²) >= 11 is 1.62. The normalized spacial score (nSPS) is 11.6. The molecule has 6 nitrogen and oxygen atoms in total. The summed E-state index contributed by atoms with van der Waals surface area (Å²) in [6.07, 6.45) is 1.85. The molecule has 2 aromatic heterocycles. The molecule has 0 aliphatic heterocycles. The van der Waals surface area contributed by atoms with E-state index in [1.54, 1.807) is 35.3 Å². The van der Waals surface area contributed by atoms with E-state index in [-0.39, 0.29) is 11.4 Å². The van der Waals surface area contributed by atoms with Crippen LogP contribution in [0.4, 0.5) is 0 Å². The summed E-state index contributed by atoms with van der Waals surface area (Å²) in [6, 6.07) is 10.7. The molecule has 0 aliphatic rings. The number of thiophene rings is 1. The molecule has 0 amide bonds. The van der Waals surface area contributed by atoms with Crippen LogP contribution >= 0.6 is 11.3 Å². The Labute approximate surface area is 151 Å². The van der Waals surface area contributed by atoms with Crippen LogP contribution in [-0.4, -0.2) is 31.9 Å². The maximum atomic E-state index is 12.4. The van der Waals surface area contributed by atoms with E-state index < -0.39 is 10.0 Å². The Morgan fingerprint density at radius 3 is 2.80 bits per heavy atom. The van der Waals surface area contributed by atoms with E-state index >= 15 is 0 Å². The van der Waals surface area contributed by atoms with E-state index in [0.717, 1.165) is 16.1 Å². The second kappa shape index (κ2) is 7.38. The van der Waals surface area contributed by atoms with Crippen LogP contribution in [0.15, 0.2) is 52.9 Å². The summed E-state index contributed by atoms with van der Waals surface area (Å²) < 4.78 is 34.3. The lowest BCUT2D eigenvalue weighted by Gasteiger charge is -2.09. The second-order valence-electron chi connectivity index (χ2n) is 5.47. The van der Waals surface area contributed by atoms with E-state index in [0.29, 0.717) is 12.3 Å². The third-order valence-corrected chi connectivity index (χ3v) is 6.07. The predicted octanol–water partition coefficient (Wildman–Crippen LogP) is 2.91. The van der Waals surface area contributed by atoms with Crippen molar-refractivity contribution in [2.75, 3.05) is 13.7 Å². The third kappa shape index (κ3) is 4.09. The van der Waals surface area contributed by atoms with Crippen molar-refractivity contribution in [3.05, 3.63) is 53.5 Å². The molecule has 8 heteroatoms. The lowest BCUT2D eigenvalue weighted by Crippen LogP contribution is -2.27. The fraction of sp³-hybridized carbons (Fsp3) is 0.235. The first-order valence-corrected chi connectivity index (χ1v) is 10.1. The topological polar surface area (TPSA) is 73.2 Å². The largest absolute Gasteiger partial charge is 0.496 e. The van der Waals surface area contributed by atoms with Crippen LogP contribution < -0.4 is 9.46 Å². The molecule has 1 aromatic carbocycles. The number of hydrogen-bond acceptors (Lipinski definition) is 5. The zero-order valence-electron chi connectivity index (χ0n) is 14.0. The first-order chi connectivity index (χ1) is 12.0. The molecule has 3 aromatic rings. The van der Waals surface area contributed by atoms with Gasteiger partial charge in [0.2, 0.25) is 10.0 Å². The van der Waals surface area contributed by atoms with Crippen molar-refractivity contribution in [2.24, 2.45) is 0 Å². The fourth-order valence-electron chi connectivity index (χ4n) is 2.44. The van der Waals surface area contributed by atoms with Gasteiger partial charge in [0.25, 0.3) is 0 Å². The lowest BCUT2D eigenvalue weighted by molar-refractivity contribution is 0.411. The summed E-state index contributed by atoms with van der Waals surface area (Å²) in [5.41, 5.74) is 1.67. The Hall–Kier alpha value is -2.16. The van der Waals surface area contributed by atoms with Crippen molar-refractivity contribution in [1.82, 2.24) is 14.5 Å². The minimum Gasteiger partial charge on any atom is -0.496 e. The molecule has 2 heterocycles. The summed E-state index contributed by atoms with van der Waals surface area (Å²) in [7, 11) is -2.00. The Bertz CT molecular complexity index is 947.